The number of halogens is 1. The fourth-order valence-electron chi connectivity index (χ4n) is 6.28. The number of aromatic hydroxyl groups is 1. The normalized spacial score (nSPS) is 18.6. The highest BCUT2D eigenvalue weighted by Gasteiger charge is 2.33. The molecule has 2 N–H and O–H groups in total. The lowest BCUT2D eigenvalue weighted by molar-refractivity contribution is -0.0278. The highest BCUT2D eigenvalue weighted by atomic mass is 19.1. The van der Waals surface area contributed by atoms with E-state index in [0.29, 0.717) is 6.61 Å². The minimum absolute atomic E-state index is 0.0743. The molecule has 1 atom stereocenters. The molecule has 6 rings (SSSR count). The summed E-state index contributed by atoms with van der Waals surface area (Å²) >= 11 is 0. The van der Waals surface area contributed by atoms with Gasteiger partial charge in [0.05, 0.1) is 11.6 Å². The smallest absolute Gasteiger partial charge is 0.123 e. The SMILES string of the molecule is Oc1ccc2c(c1)CCN(c1ccc(F)cc1)C2Cc1ccc(OCCN2CCC(O)(c3ccccc3)CC2)cc1. The van der Waals surface area contributed by atoms with Crippen molar-refractivity contribution >= 4 is 5.69 Å². The van der Waals surface area contributed by atoms with E-state index in [1.54, 1.807) is 6.07 Å². The maximum atomic E-state index is 13.6. The molecule has 2 heterocycles. The second-order valence-corrected chi connectivity index (χ2v) is 11.3. The molecule has 0 spiro atoms. The minimum atomic E-state index is -0.736. The number of likely N-dealkylation sites (tertiary alicyclic amines) is 1. The first-order chi connectivity index (χ1) is 20.0. The highest BCUT2D eigenvalue weighted by Crippen LogP contribution is 2.38. The van der Waals surface area contributed by atoms with E-state index in [0.717, 1.165) is 74.4 Å². The lowest BCUT2D eigenvalue weighted by atomic mass is 9.84. The van der Waals surface area contributed by atoms with Gasteiger partial charge in [0.15, 0.2) is 0 Å². The van der Waals surface area contributed by atoms with Crippen LogP contribution in [0.2, 0.25) is 0 Å². The molecular weight excluding hydrogens is 515 g/mol. The summed E-state index contributed by atoms with van der Waals surface area (Å²) in [7, 11) is 0. The van der Waals surface area contributed by atoms with E-state index in [1.807, 2.05) is 66.7 Å². The van der Waals surface area contributed by atoms with Gasteiger partial charge in [0, 0.05) is 31.9 Å². The summed E-state index contributed by atoms with van der Waals surface area (Å²) < 4.78 is 19.7. The molecular formula is C35H37FN2O3. The summed E-state index contributed by atoms with van der Waals surface area (Å²) in [6.07, 6.45) is 3.07. The van der Waals surface area contributed by atoms with E-state index in [2.05, 4.69) is 21.9 Å². The molecule has 0 bridgehead atoms. The molecule has 4 aromatic carbocycles. The summed E-state index contributed by atoms with van der Waals surface area (Å²) in [5.74, 6) is 0.892. The Labute approximate surface area is 241 Å². The van der Waals surface area contributed by atoms with Gasteiger partial charge in [0.25, 0.3) is 0 Å². The topological polar surface area (TPSA) is 56.2 Å². The molecule has 0 saturated carbocycles. The van der Waals surface area contributed by atoms with E-state index in [4.69, 9.17) is 4.74 Å². The lowest BCUT2D eigenvalue weighted by Crippen LogP contribution is -2.43. The molecule has 2 aliphatic heterocycles. The fraction of sp³-hybridized carbons (Fsp3) is 0.314. The molecule has 1 fully saturated rings. The number of ether oxygens (including phenoxy) is 1. The van der Waals surface area contributed by atoms with Gasteiger partial charge in [-0.15, -0.1) is 0 Å². The first-order valence-corrected chi connectivity index (χ1v) is 14.5. The van der Waals surface area contributed by atoms with Crippen LogP contribution >= 0.6 is 0 Å². The Hall–Kier alpha value is -3.87. The van der Waals surface area contributed by atoms with Gasteiger partial charge < -0.3 is 19.8 Å². The first kappa shape index (κ1) is 27.3. The molecule has 1 saturated heterocycles. The van der Waals surface area contributed by atoms with Crippen molar-refractivity contribution in [3.05, 3.63) is 125 Å². The number of anilines is 1. The van der Waals surface area contributed by atoms with Crippen LogP contribution in [0.5, 0.6) is 11.5 Å². The maximum Gasteiger partial charge on any atom is 0.123 e. The third-order valence-electron chi connectivity index (χ3n) is 8.67. The first-order valence-electron chi connectivity index (χ1n) is 14.5. The average molecular weight is 553 g/mol. The van der Waals surface area contributed by atoms with Crippen LogP contribution in [-0.2, 0) is 18.4 Å². The third-order valence-corrected chi connectivity index (χ3v) is 8.67. The van der Waals surface area contributed by atoms with E-state index in [1.165, 1.54) is 23.3 Å². The number of rotatable bonds is 8. The van der Waals surface area contributed by atoms with Crippen LogP contribution in [0.3, 0.4) is 0 Å². The lowest BCUT2D eigenvalue weighted by Gasteiger charge is -2.39. The summed E-state index contributed by atoms with van der Waals surface area (Å²) in [5.41, 5.74) is 4.81. The monoisotopic (exact) mass is 552 g/mol. The average Bonchev–Trinajstić information content (AvgIpc) is 3.00. The van der Waals surface area contributed by atoms with Gasteiger partial charge in [-0.25, -0.2) is 4.39 Å². The Kier molecular flexibility index (Phi) is 7.95. The number of nitrogens with zero attached hydrogens (tertiary/aromatic N) is 2. The Morgan fingerprint density at radius 3 is 2.32 bits per heavy atom. The molecule has 0 amide bonds. The van der Waals surface area contributed by atoms with E-state index >= 15 is 0 Å². The molecule has 212 valence electrons. The van der Waals surface area contributed by atoms with Gasteiger partial charge in [-0.1, -0.05) is 48.5 Å². The number of hydrogen-bond donors (Lipinski definition) is 2. The van der Waals surface area contributed by atoms with Gasteiger partial charge >= 0.3 is 0 Å². The molecule has 0 radical (unpaired) electrons. The number of fused-ring (bicyclic) bond motifs is 1. The molecule has 5 nitrogen and oxygen atoms in total. The standard InChI is InChI=1S/C35H37FN2O3/c36-29-8-10-30(11-9-29)38-19-16-27-25-31(39)12-15-33(27)34(38)24-26-6-13-32(14-7-26)41-23-22-37-20-17-35(40,18-21-37)28-4-2-1-3-5-28/h1-15,25,34,39-40H,16-24H2. The summed E-state index contributed by atoms with van der Waals surface area (Å²) in [6, 6.07) is 30.7. The predicted octanol–water partition coefficient (Wildman–Crippen LogP) is 6.24. The van der Waals surface area contributed by atoms with Crippen molar-refractivity contribution < 1.29 is 19.3 Å². The fourth-order valence-corrected chi connectivity index (χ4v) is 6.28. The number of piperidine rings is 1. The number of aliphatic hydroxyl groups is 1. The predicted molar refractivity (Wildman–Crippen MR) is 160 cm³/mol. The van der Waals surface area contributed by atoms with Crippen molar-refractivity contribution in [2.45, 2.75) is 37.3 Å². The zero-order valence-electron chi connectivity index (χ0n) is 23.3. The van der Waals surface area contributed by atoms with E-state index in [-0.39, 0.29) is 17.6 Å². The molecule has 0 aromatic heterocycles. The zero-order valence-corrected chi connectivity index (χ0v) is 23.3. The second-order valence-electron chi connectivity index (χ2n) is 11.3. The zero-order chi connectivity index (χ0) is 28.2. The largest absolute Gasteiger partial charge is 0.508 e. The molecule has 6 heteroatoms. The van der Waals surface area contributed by atoms with Gasteiger partial charge in [0.1, 0.15) is 23.9 Å². The van der Waals surface area contributed by atoms with Crippen LogP contribution in [0.1, 0.15) is 41.1 Å². The van der Waals surface area contributed by atoms with Crippen molar-refractivity contribution in [3.8, 4) is 11.5 Å². The molecule has 41 heavy (non-hydrogen) atoms. The van der Waals surface area contributed by atoms with Gasteiger partial charge in [-0.2, -0.15) is 0 Å². The summed E-state index contributed by atoms with van der Waals surface area (Å²) in [6.45, 7) is 3.91. The molecule has 0 aliphatic carbocycles. The van der Waals surface area contributed by atoms with Crippen LogP contribution in [-0.4, -0.2) is 47.9 Å². The molecule has 4 aromatic rings. The summed E-state index contributed by atoms with van der Waals surface area (Å²) in [5, 5.41) is 21.1. The third kappa shape index (κ3) is 6.24. The van der Waals surface area contributed by atoms with E-state index in [9.17, 15) is 14.6 Å². The molecule has 2 aliphatic rings. The van der Waals surface area contributed by atoms with Crippen LogP contribution in [0, 0.1) is 5.82 Å². The molecule has 1 unspecified atom stereocenters. The van der Waals surface area contributed by atoms with Crippen LogP contribution in [0.15, 0.2) is 97.1 Å². The Bertz CT molecular complexity index is 1430. The van der Waals surface area contributed by atoms with Crippen molar-refractivity contribution in [3.63, 3.8) is 0 Å². The van der Waals surface area contributed by atoms with Crippen molar-refractivity contribution in [1.82, 2.24) is 4.90 Å². The maximum absolute atomic E-state index is 13.6. The van der Waals surface area contributed by atoms with Crippen LogP contribution < -0.4 is 9.64 Å². The van der Waals surface area contributed by atoms with E-state index < -0.39 is 5.60 Å². The van der Waals surface area contributed by atoms with Gasteiger partial charge in [0.2, 0.25) is 0 Å². The van der Waals surface area contributed by atoms with Crippen LogP contribution in [0.25, 0.3) is 0 Å². The number of phenols is 1. The van der Waals surface area contributed by atoms with Crippen LogP contribution in [0.4, 0.5) is 10.1 Å². The number of phenolic OH excluding ortho intramolecular Hbond substituents is 1. The van der Waals surface area contributed by atoms with Crippen molar-refractivity contribution in [2.75, 3.05) is 37.7 Å². The van der Waals surface area contributed by atoms with Gasteiger partial charge in [-0.05, 0) is 96.5 Å². The quantitative estimate of drug-likeness (QED) is 0.271. The summed E-state index contributed by atoms with van der Waals surface area (Å²) in [4.78, 5) is 4.69. The van der Waals surface area contributed by atoms with Crippen molar-refractivity contribution in [2.24, 2.45) is 0 Å². The highest BCUT2D eigenvalue weighted by molar-refractivity contribution is 5.53. The number of benzene rings is 4. The Morgan fingerprint density at radius 2 is 1.59 bits per heavy atom. The Balaban J connectivity index is 1.06. The number of hydrogen-bond acceptors (Lipinski definition) is 5. The van der Waals surface area contributed by atoms with Crippen molar-refractivity contribution in [1.29, 1.82) is 0 Å². The minimum Gasteiger partial charge on any atom is -0.508 e. The van der Waals surface area contributed by atoms with Gasteiger partial charge in [-0.3, -0.25) is 4.90 Å². The Morgan fingerprint density at radius 1 is 0.854 bits per heavy atom. The second kappa shape index (κ2) is 11.9.